The Morgan fingerprint density at radius 1 is 1.58 bits per heavy atom. The number of non-ortho nitro benzene ring substituents is 1. The summed E-state index contributed by atoms with van der Waals surface area (Å²) in [7, 11) is 0. The monoisotopic (exact) mass is 179 g/mol. The van der Waals surface area contributed by atoms with Gasteiger partial charge in [-0.1, -0.05) is 0 Å². The van der Waals surface area contributed by atoms with Crippen molar-refractivity contribution in [1.82, 2.24) is 4.37 Å². The lowest BCUT2D eigenvalue weighted by atomic mass is 10.2. The molecule has 1 aromatic heterocycles. The number of aromatic nitrogens is 1. The molecular formula is C7H3N2O2S. The average Bonchev–Trinajstić information content (AvgIpc) is 2.49. The highest BCUT2D eigenvalue weighted by Crippen LogP contribution is 2.20. The average molecular weight is 179 g/mol. The van der Waals surface area contributed by atoms with E-state index >= 15 is 0 Å². The van der Waals surface area contributed by atoms with Crippen LogP contribution < -0.4 is 0 Å². The van der Waals surface area contributed by atoms with Crippen molar-refractivity contribution in [2.75, 3.05) is 0 Å². The van der Waals surface area contributed by atoms with Crippen molar-refractivity contribution in [3.63, 3.8) is 0 Å². The molecule has 2 rings (SSSR count). The molecule has 59 valence electrons. The van der Waals surface area contributed by atoms with Crippen LogP contribution in [-0.4, -0.2) is 9.30 Å². The van der Waals surface area contributed by atoms with Crippen LogP contribution in [0.25, 0.3) is 10.9 Å². The number of nitro groups is 1. The molecule has 0 N–H and O–H groups in total. The topological polar surface area (TPSA) is 56.0 Å². The minimum absolute atomic E-state index is 0.0824. The van der Waals surface area contributed by atoms with Gasteiger partial charge in [-0.2, -0.15) is 4.37 Å². The molecule has 0 saturated carbocycles. The van der Waals surface area contributed by atoms with E-state index in [2.05, 4.69) is 9.75 Å². The first kappa shape index (κ1) is 7.17. The van der Waals surface area contributed by atoms with Crippen LogP contribution in [0.1, 0.15) is 0 Å². The fourth-order valence-corrected chi connectivity index (χ4v) is 1.49. The van der Waals surface area contributed by atoms with Crippen molar-refractivity contribution in [3.05, 3.63) is 33.7 Å². The van der Waals surface area contributed by atoms with Crippen molar-refractivity contribution >= 4 is 28.1 Å². The molecule has 0 aliphatic carbocycles. The Balaban J connectivity index is 2.68. The minimum atomic E-state index is -0.426. The predicted octanol–water partition coefficient (Wildman–Crippen LogP) is 2.00. The minimum Gasteiger partial charge on any atom is -0.258 e. The van der Waals surface area contributed by atoms with Crippen LogP contribution in [0.15, 0.2) is 18.2 Å². The zero-order valence-electron chi connectivity index (χ0n) is 5.85. The summed E-state index contributed by atoms with van der Waals surface area (Å²) < 4.78 is 3.98. The molecule has 0 bridgehead atoms. The highest BCUT2D eigenvalue weighted by Gasteiger charge is 2.06. The van der Waals surface area contributed by atoms with Crippen molar-refractivity contribution < 1.29 is 4.92 Å². The van der Waals surface area contributed by atoms with E-state index in [1.54, 1.807) is 6.07 Å². The third-order valence-electron chi connectivity index (χ3n) is 1.49. The SMILES string of the molecule is O=[N+]([O-])c1ccc2ns[c]c2c1. The molecule has 4 nitrogen and oxygen atoms in total. The summed E-state index contributed by atoms with van der Waals surface area (Å²) in [4.78, 5) is 9.92. The molecule has 0 atom stereocenters. The Kier molecular flexibility index (Phi) is 1.51. The summed E-state index contributed by atoms with van der Waals surface area (Å²) in [5.74, 6) is 0. The zero-order valence-corrected chi connectivity index (χ0v) is 6.67. The molecule has 5 heteroatoms. The Labute approximate surface area is 71.8 Å². The highest BCUT2D eigenvalue weighted by atomic mass is 32.1. The Morgan fingerprint density at radius 2 is 2.42 bits per heavy atom. The molecular weight excluding hydrogens is 176 g/mol. The summed E-state index contributed by atoms with van der Waals surface area (Å²) in [6.07, 6.45) is 0. The van der Waals surface area contributed by atoms with Crippen molar-refractivity contribution in [2.24, 2.45) is 0 Å². The lowest BCUT2D eigenvalue weighted by Crippen LogP contribution is -1.86. The predicted molar refractivity (Wildman–Crippen MR) is 45.1 cm³/mol. The summed E-state index contributed by atoms with van der Waals surface area (Å²) >= 11 is 1.18. The van der Waals surface area contributed by atoms with Crippen molar-refractivity contribution in [2.45, 2.75) is 0 Å². The van der Waals surface area contributed by atoms with Gasteiger partial charge in [-0.05, 0) is 17.6 Å². The second kappa shape index (κ2) is 2.53. The molecule has 2 aromatic rings. The number of hydrogen-bond acceptors (Lipinski definition) is 4. The molecule has 1 radical (unpaired) electrons. The maximum absolute atomic E-state index is 10.3. The molecule has 1 aromatic carbocycles. The summed E-state index contributed by atoms with van der Waals surface area (Å²) in [5.41, 5.74) is 0.838. The van der Waals surface area contributed by atoms with Gasteiger partial charge < -0.3 is 0 Å². The van der Waals surface area contributed by atoms with Crippen LogP contribution in [0.5, 0.6) is 0 Å². The largest absolute Gasteiger partial charge is 0.270 e. The molecule has 0 spiro atoms. The molecule has 0 amide bonds. The van der Waals surface area contributed by atoms with Crippen LogP contribution in [-0.2, 0) is 0 Å². The fraction of sp³-hybridized carbons (Fsp3) is 0. The molecule has 0 aliphatic heterocycles. The lowest BCUT2D eigenvalue weighted by Gasteiger charge is -1.88. The van der Waals surface area contributed by atoms with E-state index in [9.17, 15) is 10.1 Å². The van der Waals surface area contributed by atoms with Crippen LogP contribution >= 0.6 is 11.5 Å². The van der Waals surface area contributed by atoms with E-state index < -0.39 is 4.92 Å². The van der Waals surface area contributed by atoms with Crippen LogP contribution in [0.3, 0.4) is 0 Å². The number of nitro benzene ring substituents is 1. The second-order valence-corrected chi connectivity index (χ2v) is 2.81. The van der Waals surface area contributed by atoms with Gasteiger partial charge in [0, 0.05) is 17.5 Å². The molecule has 0 saturated heterocycles. The highest BCUT2D eigenvalue weighted by molar-refractivity contribution is 7.04. The van der Waals surface area contributed by atoms with Gasteiger partial charge in [0.25, 0.3) is 5.69 Å². The van der Waals surface area contributed by atoms with E-state index in [0.717, 1.165) is 5.52 Å². The second-order valence-electron chi connectivity index (χ2n) is 2.24. The Morgan fingerprint density at radius 3 is 3.17 bits per heavy atom. The summed E-state index contributed by atoms with van der Waals surface area (Å²) in [6.45, 7) is 0. The number of fused-ring (bicyclic) bond motifs is 1. The normalized spacial score (nSPS) is 10.3. The van der Waals surface area contributed by atoms with Crippen molar-refractivity contribution in [1.29, 1.82) is 0 Å². The van der Waals surface area contributed by atoms with E-state index in [1.807, 2.05) is 0 Å². The van der Waals surface area contributed by atoms with Gasteiger partial charge in [0.1, 0.15) is 0 Å². The maximum Gasteiger partial charge on any atom is 0.270 e. The third-order valence-corrected chi connectivity index (χ3v) is 2.09. The van der Waals surface area contributed by atoms with Gasteiger partial charge in [-0.3, -0.25) is 10.1 Å². The third kappa shape index (κ3) is 1.04. The first-order valence-corrected chi connectivity index (χ1v) is 3.96. The van der Waals surface area contributed by atoms with Gasteiger partial charge in [0.2, 0.25) is 0 Å². The smallest absolute Gasteiger partial charge is 0.258 e. The number of benzene rings is 1. The van der Waals surface area contributed by atoms with E-state index in [4.69, 9.17) is 0 Å². The first-order valence-electron chi connectivity index (χ1n) is 3.19. The zero-order chi connectivity index (χ0) is 8.55. The Bertz CT molecular complexity index is 438. The maximum atomic E-state index is 10.3. The molecule has 1 heterocycles. The Hall–Kier alpha value is -1.49. The number of rotatable bonds is 1. The molecule has 12 heavy (non-hydrogen) atoms. The number of hydrogen-bond donors (Lipinski definition) is 0. The van der Waals surface area contributed by atoms with Crippen molar-refractivity contribution in [3.8, 4) is 0 Å². The van der Waals surface area contributed by atoms with Gasteiger partial charge in [0.15, 0.2) is 0 Å². The number of nitrogens with zero attached hydrogens (tertiary/aromatic N) is 2. The van der Waals surface area contributed by atoms with Gasteiger partial charge >= 0.3 is 0 Å². The van der Waals surface area contributed by atoms with Gasteiger partial charge in [-0.25, -0.2) is 0 Å². The van der Waals surface area contributed by atoms with Crippen LogP contribution in [0, 0.1) is 15.5 Å². The molecule has 0 fully saturated rings. The first-order chi connectivity index (χ1) is 5.77. The van der Waals surface area contributed by atoms with Gasteiger partial charge in [-0.15, -0.1) is 0 Å². The molecule has 0 aliphatic rings. The van der Waals surface area contributed by atoms with Crippen LogP contribution in [0.4, 0.5) is 5.69 Å². The molecule has 0 unspecified atom stereocenters. The van der Waals surface area contributed by atoms with E-state index in [0.29, 0.717) is 5.39 Å². The van der Waals surface area contributed by atoms with E-state index in [1.165, 1.54) is 23.7 Å². The quantitative estimate of drug-likeness (QED) is 0.497. The van der Waals surface area contributed by atoms with Gasteiger partial charge in [0.05, 0.1) is 15.8 Å². The lowest BCUT2D eigenvalue weighted by molar-refractivity contribution is -0.384. The summed E-state index contributed by atoms with van der Waals surface area (Å²) in [6, 6.07) is 4.54. The summed E-state index contributed by atoms with van der Waals surface area (Å²) in [5, 5.41) is 13.9. The standard InChI is InChI=1S/C7H3N2O2S/c10-9(11)6-1-2-7-5(3-6)4-12-8-7/h1-3H. The van der Waals surface area contributed by atoms with E-state index in [-0.39, 0.29) is 5.69 Å². The fourth-order valence-electron chi connectivity index (χ4n) is 0.920. The van der Waals surface area contributed by atoms with Crippen LogP contribution in [0.2, 0.25) is 0 Å².